The van der Waals surface area contributed by atoms with E-state index in [1.54, 1.807) is 0 Å². The van der Waals surface area contributed by atoms with Gasteiger partial charge in [0.15, 0.2) is 0 Å². The summed E-state index contributed by atoms with van der Waals surface area (Å²) in [7, 11) is 0. The molecule has 0 atom stereocenters. The molecule has 58 valence electrons. The average molecular weight is 174 g/mol. The second-order valence-corrected chi connectivity index (χ2v) is 2.67. The fourth-order valence-electron chi connectivity index (χ4n) is 0.514. The summed E-state index contributed by atoms with van der Waals surface area (Å²) in [4.78, 5) is 18.8. The predicted octanol–water partition coefficient (Wildman–Crippen LogP) is 1.56. The van der Waals surface area contributed by atoms with Crippen molar-refractivity contribution in [3.05, 3.63) is 32.4 Å². The molecule has 0 aliphatic carbocycles. The largest absolute Gasteiger partial charge is 0.330 e. The molecule has 1 aromatic rings. The molecule has 1 aromatic heterocycles. The molecule has 0 amide bonds. The SMILES string of the molecule is O=[N+]([O-])c1ccc([N+](=O)[O-])s1. The van der Waals surface area contributed by atoms with Gasteiger partial charge in [-0.25, -0.2) is 0 Å². The van der Waals surface area contributed by atoms with Crippen molar-refractivity contribution in [3.8, 4) is 0 Å². The summed E-state index contributed by atoms with van der Waals surface area (Å²) < 4.78 is 0. The van der Waals surface area contributed by atoms with E-state index in [0.29, 0.717) is 11.3 Å². The molecule has 0 bridgehead atoms. The molecule has 0 aromatic carbocycles. The van der Waals surface area contributed by atoms with Crippen LogP contribution in [0.4, 0.5) is 10.0 Å². The van der Waals surface area contributed by atoms with E-state index in [2.05, 4.69) is 0 Å². The molecular weight excluding hydrogens is 172 g/mol. The van der Waals surface area contributed by atoms with Crippen molar-refractivity contribution in [3.63, 3.8) is 0 Å². The second kappa shape index (κ2) is 2.62. The summed E-state index contributed by atoms with van der Waals surface area (Å²) in [5.41, 5.74) is 0. The maximum absolute atomic E-state index is 10.0. The highest BCUT2D eigenvalue weighted by atomic mass is 32.1. The first-order valence-corrected chi connectivity index (χ1v) is 3.31. The van der Waals surface area contributed by atoms with Crippen LogP contribution in [0.2, 0.25) is 0 Å². The number of rotatable bonds is 2. The summed E-state index contributed by atoms with van der Waals surface area (Å²) >= 11 is 0.551. The van der Waals surface area contributed by atoms with Gasteiger partial charge in [0, 0.05) is 23.5 Å². The minimum Gasteiger partial charge on any atom is -0.258 e. The Balaban J connectivity index is 2.99. The highest BCUT2D eigenvalue weighted by molar-refractivity contribution is 7.18. The lowest BCUT2D eigenvalue weighted by molar-refractivity contribution is -0.382. The molecule has 0 aliphatic rings. The third-order valence-electron chi connectivity index (χ3n) is 0.938. The monoisotopic (exact) mass is 174 g/mol. The molecule has 0 saturated carbocycles. The van der Waals surface area contributed by atoms with Crippen LogP contribution in [-0.2, 0) is 0 Å². The van der Waals surface area contributed by atoms with E-state index in [0.717, 1.165) is 12.1 Å². The van der Waals surface area contributed by atoms with E-state index in [-0.39, 0.29) is 10.0 Å². The lowest BCUT2D eigenvalue weighted by atomic mass is 10.6. The summed E-state index contributed by atoms with van der Waals surface area (Å²) in [6.45, 7) is 0. The summed E-state index contributed by atoms with van der Waals surface area (Å²) in [6.07, 6.45) is 0. The zero-order chi connectivity index (χ0) is 8.43. The van der Waals surface area contributed by atoms with Crippen LogP contribution in [0.5, 0.6) is 0 Å². The molecule has 1 rings (SSSR count). The molecule has 1 heterocycles. The zero-order valence-corrected chi connectivity index (χ0v) is 5.91. The Hall–Kier alpha value is -1.50. The predicted molar refractivity (Wildman–Crippen MR) is 37.6 cm³/mol. The number of hydrogen-bond donors (Lipinski definition) is 0. The fraction of sp³-hybridized carbons (Fsp3) is 0. The number of thiophene rings is 1. The Morgan fingerprint density at radius 3 is 1.64 bits per heavy atom. The van der Waals surface area contributed by atoms with Crippen molar-refractivity contribution >= 4 is 21.3 Å². The average Bonchev–Trinajstić information content (AvgIpc) is 2.33. The molecule has 0 N–H and O–H groups in total. The highest BCUT2D eigenvalue weighted by Crippen LogP contribution is 2.29. The van der Waals surface area contributed by atoms with E-state index in [9.17, 15) is 20.2 Å². The highest BCUT2D eigenvalue weighted by Gasteiger charge is 2.16. The van der Waals surface area contributed by atoms with Crippen LogP contribution in [-0.4, -0.2) is 9.85 Å². The first-order chi connectivity index (χ1) is 5.11. The molecule has 11 heavy (non-hydrogen) atoms. The Labute approximate surface area is 64.4 Å². The van der Waals surface area contributed by atoms with Crippen molar-refractivity contribution in [2.45, 2.75) is 0 Å². The van der Waals surface area contributed by atoms with Crippen molar-refractivity contribution in [2.75, 3.05) is 0 Å². The van der Waals surface area contributed by atoms with Crippen LogP contribution in [0.15, 0.2) is 12.1 Å². The van der Waals surface area contributed by atoms with Gasteiger partial charge in [0.05, 0.1) is 9.85 Å². The van der Waals surface area contributed by atoms with Crippen LogP contribution in [0.1, 0.15) is 0 Å². The third-order valence-corrected chi connectivity index (χ3v) is 1.93. The molecule has 0 radical (unpaired) electrons. The molecule has 7 heteroatoms. The standard InChI is InChI=1S/C4H2N2O4S/c7-5(8)3-1-2-4(11-3)6(9)10/h1-2H. The van der Waals surface area contributed by atoms with Gasteiger partial charge in [-0.15, -0.1) is 0 Å². The van der Waals surface area contributed by atoms with Gasteiger partial charge < -0.3 is 0 Å². The zero-order valence-electron chi connectivity index (χ0n) is 5.09. The van der Waals surface area contributed by atoms with Crippen molar-refractivity contribution < 1.29 is 9.85 Å². The summed E-state index contributed by atoms with van der Waals surface area (Å²) in [6, 6.07) is 2.23. The van der Waals surface area contributed by atoms with Gasteiger partial charge in [-0.3, -0.25) is 20.2 Å². The Morgan fingerprint density at radius 2 is 1.45 bits per heavy atom. The number of nitrogens with zero attached hydrogens (tertiary/aromatic N) is 2. The first kappa shape index (κ1) is 7.61. The van der Waals surface area contributed by atoms with Crippen molar-refractivity contribution in [1.29, 1.82) is 0 Å². The summed E-state index contributed by atoms with van der Waals surface area (Å²) in [5, 5.41) is 19.6. The minimum atomic E-state index is -0.655. The first-order valence-electron chi connectivity index (χ1n) is 2.50. The van der Waals surface area contributed by atoms with Gasteiger partial charge >= 0.3 is 10.0 Å². The van der Waals surface area contributed by atoms with Gasteiger partial charge in [-0.05, 0) is 0 Å². The minimum absolute atomic E-state index is 0.211. The number of nitro groups is 2. The second-order valence-electron chi connectivity index (χ2n) is 1.63. The fourth-order valence-corrected chi connectivity index (χ4v) is 1.15. The molecule has 6 nitrogen and oxygen atoms in total. The lowest BCUT2D eigenvalue weighted by Gasteiger charge is -1.79. The lowest BCUT2D eigenvalue weighted by Crippen LogP contribution is -1.82. The molecule has 0 fully saturated rings. The van der Waals surface area contributed by atoms with Gasteiger partial charge in [0.2, 0.25) is 0 Å². The van der Waals surface area contributed by atoms with Crippen LogP contribution < -0.4 is 0 Å². The van der Waals surface area contributed by atoms with E-state index in [4.69, 9.17) is 0 Å². The Bertz CT molecular complexity index is 278. The molecular formula is C4H2N2O4S. The maximum Gasteiger partial charge on any atom is 0.330 e. The van der Waals surface area contributed by atoms with Crippen LogP contribution in [0.25, 0.3) is 0 Å². The molecule has 0 aliphatic heterocycles. The number of hydrogen-bond acceptors (Lipinski definition) is 5. The maximum atomic E-state index is 10.0. The quantitative estimate of drug-likeness (QED) is 0.502. The molecule has 0 saturated heterocycles. The normalized spacial score (nSPS) is 9.45. The van der Waals surface area contributed by atoms with E-state index in [1.807, 2.05) is 0 Å². The van der Waals surface area contributed by atoms with E-state index in [1.165, 1.54) is 0 Å². The Morgan fingerprint density at radius 1 is 1.09 bits per heavy atom. The third kappa shape index (κ3) is 1.49. The molecule has 0 unspecified atom stereocenters. The van der Waals surface area contributed by atoms with Crippen molar-refractivity contribution in [1.82, 2.24) is 0 Å². The van der Waals surface area contributed by atoms with Crippen LogP contribution in [0.3, 0.4) is 0 Å². The topological polar surface area (TPSA) is 86.3 Å². The molecule has 0 spiro atoms. The van der Waals surface area contributed by atoms with Gasteiger partial charge in [0.25, 0.3) is 0 Å². The van der Waals surface area contributed by atoms with E-state index >= 15 is 0 Å². The smallest absolute Gasteiger partial charge is 0.258 e. The van der Waals surface area contributed by atoms with Crippen LogP contribution in [0, 0.1) is 20.2 Å². The van der Waals surface area contributed by atoms with Crippen LogP contribution >= 0.6 is 11.3 Å². The van der Waals surface area contributed by atoms with E-state index < -0.39 is 9.85 Å². The summed E-state index contributed by atoms with van der Waals surface area (Å²) in [5.74, 6) is 0. The van der Waals surface area contributed by atoms with Gasteiger partial charge in [0.1, 0.15) is 0 Å². The Kier molecular flexibility index (Phi) is 1.81. The van der Waals surface area contributed by atoms with Crippen molar-refractivity contribution in [2.24, 2.45) is 0 Å². The van der Waals surface area contributed by atoms with Gasteiger partial charge in [-0.2, -0.15) is 0 Å². The van der Waals surface area contributed by atoms with Gasteiger partial charge in [-0.1, -0.05) is 0 Å².